The lowest BCUT2D eigenvalue weighted by Gasteiger charge is -2.22. The van der Waals surface area contributed by atoms with Gasteiger partial charge in [0.15, 0.2) is 17.2 Å². The summed E-state index contributed by atoms with van der Waals surface area (Å²) in [4.78, 5) is 43.6. The van der Waals surface area contributed by atoms with Crippen LogP contribution in [0.1, 0.15) is 33.3 Å². The summed E-state index contributed by atoms with van der Waals surface area (Å²) in [5, 5.41) is 2.64. The van der Waals surface area contributed by atoms with Gasteiger partial charge >= 0.3 is 0 Å². The number of fused-ring (bicyclic) bond motifs is 2. The minimum atomic E-state index is -0.713. The summed E-state index contributed by atoms with van der Waals surface area (Å²) < 4.78 is 11.3. The summed E-state index contributed by atoms with van der Waals surface area (Å²) in [6.45, 7) is 1.64. The second kappa shape index (κ2) is 7.61. The lowest BCUT2D eigenvalue weighted by molar-refractivity contribution is -0.119. The Hall–Kier alpha value is -3.98. The maximum atomic E-state index is 13.5. The van der Waals surface area contributed by atoms with Gasteiger partial charge in [-0.15, -0.1) is 11.3 Å². The first-order valence-electron chi connectivity index (χ1n) is 9.75. The number of hydrogen-bond donors (Lipinski definition) is 1. The number of aryl methyl sites for hydroxylation is 1. The first-order valence-corrected chi connectivity index (χ1v) is 10.6. The number of anilines is 1. The van der Waals surface area contributed by atoms with Crippen molar-refractivity contribution in [3.05, 3.63) is 86.7 Å². The summed E-state index contributed by atoms with van der Waals surface area (Å²) in [6, 6.07) is 11.4. The summed E-state index contributed by atoms with van der Waals surface area (Å²) >= 11 is 1.29. The highest BCUT2D eigenvalue weighted by Gasteiger charge is 2.44. The van der Waals surface area contributed by atoms with Crippen LogP contribution in [0.5, 0.6) is 5.75 Å². The van der Waals surface area contributed by atoms with E-state index in [1.807, 2.05) is 13.0 Å². The summed E-state index contributed by atoms with van der Waals surface area (Å²) in [5.41, 5.74) is 7.10. The number of nitrogens with zero attached hydrogens (tertiary/aromatic N) is 2. The van der Waals surface area contributed by atoms with E-state index < -0.39 is 17.9 Å². The van der Waals surface area contributed by atoms with Crippen molar-refractivity contribution < 1.29 is 18.7 Å². The highest BCUT2D eigenvalue weighted by Crippen LogP contribution is 2.42. The molecule has 160 valence electrons. The van der Waals surface area contributed by atoms with Gasteiger partial charge in [0.2, 0.25) is 5.76 Å². The van der Waals surface area contributed by atoms with Crippen LogP contribution >= 0.6 is 11.3 Å². The van der Waals surface area contributed by atoms with Gasteiger partial charge in [-0.2, -0.15) is 0 Å². The van der Waals surface area contributed by atoms with Crippen molar-refractivity contribution in [3.8, 4) is 5.75 Å². The van der Waals surface area contributed by atoms with Crippen LogP contribution in [0, 0.1) is 6.92 Å². The molecule has 0 saturated heterocycles. The number of benzene rings is 2. The molecule has 2 amide bonds. The van der Waals surface area contributed by atoms with E-state index in [1.54, 1.807) is 48.0 Å². The topological polar surface area (TPSA) is 116 Å². The van der Waals surface area contributed by atoms with Crippen LogP contribution in [0.2, 0.25) is 0 Å². The zero-order chi connectivity index (χ0) is 22.4. The van der Waals surface area contributed by atoms with Gasteiger partial charge in [-0.1, -0.05) is 23.8 Å². The molecule has 1 atom stereocenters. The van der Waals surface area contributed by atoms with Gasteiger partial charge in [0.25, 0.3) is 11.8 Å². The number of amides is 2. The van der Waals surface area contributed by atoms with E-state index in [-0.39, 0.29) is 23.4 Å². The molecule has 0 bridgehead atoms. The second-order valence-corrected chi connectivity index (χ2v) is 8.26. The van der Waals surface area contributed by atoms with Gasteiger partial charge < -0.3 is 14.9 Å². The number of rotatable bonds is 5. The van der Waals surface area contributed by atoms with E-state index in [0.717, 1.165) is 5.56 Å². The molecule has 2 N–H and O–H groups in total. The molecular formula is C23H17N3O5S. The first-order chi connectivity index (χ1) is 15.4. The van der Waals surface area contributed by atoms with Crippen LogP contribution in [0.4, 0.5) is 5.13 Å². The fourth-order valence-electron chi connectivity index (χ4n) is 3.84. The Kier molecular flexibility index (Phi) is 4.75. The average molecular weight is 447 g/mol. The normalized spacial score (nSPS) is 15.2. The summed E-state index contributed by atoms with van der Waals surface area (Å²) in [6.07, 6.45) is 1.60. The zero-order valence-electron chi connectivity index (χ0n) is 16.9. The molecule has 0 saturated carbocycles. The van der Waals surface area contributed by atoms with Crippen LogP contribution in [0.15, 0.2) is 63.3 Å². The van der Waals surface area contributed by atoms with Gasteiger partial charge in [0.1, 0.15) is 11.3 Å². The minimum Gasteiger partial charge on any atom is -0.484 e. The number of thiazole rings is 1. The number of carbonyl (C=O) groups is 2. The van der Waals surface area contributed by atoms with Crippen molar-refractivity contribution in [1.82, 2.24) is 4.98 Å². The van der Waals surface area contributed by atoms with Crippen LogP contribution in [0.3, 0.4) is 0 Å². The second-order valence-electron chi connectivity index (χ2n) is 7.39. The van der Waals surface area contributed by atoms with Gasteiger partial charge in [-0.3, -0.25) is 19.3 Å². The highest BCUT2D eigenvalue weighted by molar-refractivity contribution is 7.13. The van der Waals surface area contributed by atoms with Crippen molar-refractivity contribution >= 4 is 39.3 Å². The fraction of sp³-hybridized carbons (Fsp3) is 0.130. The predicted molar refractivity (Wildman–Crippen MR) is 119 cm³/mol. The quantitative estimate of drug-likeness (QED) is 0.502. The van der Waals surface area contributed by atoms with E-state index in [2.05, 4.69) is 4.98 Å². The monoisotopic (exact) mass is 447 g/mol. The molecule has 5 rings (SSSR count). The Morgan fingerprint density at radius 1 is 1.22 bits per heavy atom. The molecule has 0 aliphatic carbocycles. The van der Waals surface area contributed by atoms with Crippen molar-refractivity contribution in [2.75, 3.05) is 11.5 Å². The molecule has 2 aromatic heterocycles. The Morgan fingerprint density at radius 3 is 2.69 bits per heavy atom. The molecule has 4 aromatic rings. The lowest BCUT2D eigenvalue weighted by atomic mass is 9.98. The molecule has 0 spiro atoms. The SMILES string of the molecule is Cc1ccc2oc3c(c(=O)c2c1)C(c1ccc(OCC(N)=O)cc1)N(c1nccs1)C3=O. The summed E-state index contributed by atoms with van der Waals surface area (Å²) in [7, 11) is 0. The molecule has 1 aliphatic heterocycles. The molecule has 2 aromatic carbocycles. The number of primary amides is 1. The number of nitrogens with two attached hydrogens (primary N) is 1. The smallest absolute Gasteiger partial charge is 0.297 e. The largest absolute Gasteiger partial charge is 0.484 e. The molecule has 3 heterocycles. The van der Waals surface area contributed by atoms with Crippen molar-refractivity contribution in [3.63, 3.8) is 0 Å². The molecule has 9 heteroatoms. The Morgan fingerprint density at radius 2 is 2.00 bits per heavy atom. The van der Waals surface area contributed by atoms with E-state index in [0.29, 0.717) is 27.4 Å². The molecular weight excluding hydrogens is 430 g/mol. The standard InChI is InChI=1S/C23H17N3O5S/c1-12-2-7-16-15(10-12)20(28)18-19(13-3-5-14(6-4-13)30-11-17(24)27)26(22(29)21(18)31-16)23-25-8-9-32-23/h2-10,19H,11H2,1H3,(H2,24,27). The van der Waals surface area contributed by atoms with Gasteiger partial charge in [0.05, 0.1) is 17.0 Å². The van der Waals surface area contributed by atoms with Crippen molar-refractivity contribution in [2.24, 2.45) is 5.73 Å². The number of ether oxygens (including phenoxy) is 1. The van der Waals surface area contributed by atoms with Crippen LogP contribution < -0.4 is 20.8 Å². The van der Waals surface area contributed by atoms with Crippen LogP contribution in [0.25, 0.3) is 11.0 Å². The molecule has 32 heavy (non-hydrogen) atoms. The molecule has 8 nitrogen and oxygen atoms in total. The third-order valence-electron chi connectivity index (χ3n) is 5.23. The molecule has 0 fully saturated rings. The van der Waals surface area contributed by atoms with Gasteiger partial charge in [-0.25, -0.2) is 4.98 Å². The maximum absolute atomic E-state index is 13.5. The number of carbonyl (C=O) groups excluding carboxylic acids is 2. The van der Waals surface area contributed by atoms with Crippen molar-refractivity contribution in [1.29, 1.82) is 0 Å². The van der Waals surface area contributed by atoms with Crippen molar-refractivity contribution in [2.45, 2.75) is 13.0 Å². The van der Waals surface area contributed by atoms with E-state index in [4.69, 9.17) is 14.9 Å². The van der Waals surface area contributed by atoms with Gasteiger partial charge in [-0.05, 0) is 36.8 Å². The molecule has 1 unspecified atom stereocenters. The first kappa shape index (κ1) is 20.0. The zero-order valence-corrected chi connectivity index (χ0v) is 17.7. The van der Waals surface area contributed by atoms with E-state index in [1.165, 1.54) is 16.2 Å². The lowest BCUT2D eigenvalue weighted by Crippen LogP contribution is -2.29. The van der Waals surface area contributed by atoms with E-state index in [9.17, 15) is 14.4 Å². The Bertz CT molecular complexity index is 1410. The van der Waals surface area contributed by atoms with E-state index >= 15 is 0 Å². The third-order valence-corrected chi connectivity index (χ3v) is 6.00. The minimum absolute atomic E-state index is 0.0145. The summed E-state index contributed by atoms with van der Waals surface area (Å²) in [5.74, 6) is -0.549. The highest BCUT2D eigenvalue weighted by atomic mass is 32.1. The Labute approximate surface area is 185 Å². The molecule has 1 aliphatic rings. The Balaban J connectivity index is 1.68. The van der Waals surface area contributed by atoms with Crippen LogP contribution in [-0.4, -0.2) is 23.4 Å². The third kappa shape index (κ3) is 3.23. The molecule has 0 radical (unpaired) electrons. The predicted octanol–water partition coefficient (Wildman–Crippen LogP) is 3.17. The average Bonchev–Trinajstić information content (AvgIpc) is 3.40. The fourth-order valence-corrected chi connectivity index (χ4v) is 4.50. The van der Waals surface area contributed by atoms with Crippen LogP contribution in [-0.2, 0) is 4.79 Å². The number of aromatic nitrogens is 1. The number of hydrogen-bond acceptors (Lipinski definition) is 7. The maximum Gasteiger partial charge on any atom is 0.297 e. The van der Waals surface area contributed by atoms with Gasteiger partial charge in [0, 0.05) is 11.6 Å².